The molecule has 0 aliphatic carbocycles. The molecule has 1 fully saturated rings. The number of nitrogens with one attached hydrogen (secondary N) is 2. The van der Waals surface area contributed by atoms with Crippen molar-refractivity contribution in [2.24, 2.45) is 5.92 Å². The third-order valence-corrected chi connectivity index (χ3v) is 5.22. The van der Waals surface area contributed by atoms with E-state index in [0.717, 1.165) is 32.4 Å². The van der Waals surface area contributed by atoms with Gasteiger partial charge < -0.3 is 21.1 Å². The number of nitrogens with two attached hydrogens (primary N) is 1. The summed E-state index contributed by atoms with van der Waals surface area (Å²) >= 11 is 12.2. The maximum absolute atomic E-state index is 12.7. The summed E-state index contributed by atoms with van der Waals surface area (Å²) in [6.45, 7) is 2.68. The molecule has 144 valence electrons. The summed E-state index contributed by atoms with van der Waals surface area (Å²) in [6, 6.07) is 9.97. The number of carbonyl (C=O) groups excluding carboxylic acids is 1. The van der Waals surface area contributed by atoms with Crippen LogP contribution in [-0.2, 0) is 0 Å². The van der Waals surface area contributed by atoms with Gasteiger partial charge in [0.15, 0.2) is 0 Å². The molecule has 0 spiro atoms. The van der Waals surface area contributed by atoms with Gasteiger partial charge in [-0.25, -0.2) is 0 Å². The average molecular weight is 408 g/mol. The molecular weight excluding hydrogens is 385 g/mol. The van der Waals surface area contributed by atoms with Gasteiger partial charge in [-0.1, -0.05) is 23.2 Å². The van der Waals surface area contributed by atoms with Crippen LogP contribution < -0.4 is 21.1 Å². The molecular formula is C20H23Cl2N3O2. The Morgan fingerprint density at radius 1 is 1.19 bits per heavy atom. The van der Waals surface area contributed by atoms with E-state index < -0.39 is 0 Å². The van der Waals surface area contributed by atoms with Crippen LogP contribution in [0.2, 0.25) is 10.0 Å². The average Bonchev–Trinajstić information content (AvgIpc) is 2.66. The number of benzene rings is 2. The fourth-order valence-corrected chi connectivity index (χ4v) is 3.54. The van der Waals surface area contributed by atoms with E-state index >= 15 is 0 Å². The third-order valence-electron chi connectivity index (χ3n) is 4.67. The number of hydrogen-bond acceptors (Lipinski definition) is 4. The van der Waals surface area contributed by atoms with Crippen molar-refractivity contribution in [2.75, 3.05) is 30.7 Å². The molecule has 1 aliphatic heterocycles. The Kier molecular flexibility index (Phi) is 6.83. The molecule has 1 amide bonds. The Labute approximate surface area is 169 Å². The predicted molar refractivity (Wildman–Crippen MR) is 111 cm³/mol. The highest BCUT2D eigenvalue weighted by Crippen LogP contribution is 2.28. The molecule has 0 radical (unpaired) electrons. The Morgan fingerprint density at radius 3 is 2.70 bits per heavy atom. The van der Waals surface area contributed by atoms with Gasteiger partial charge in [-0.2, -0.15) is 0 Å². The first-order valence-electron chi connectivity index (χ1n) is 9.02. The van der Waals surface area contributed by atoms with Crippen LogP contribution >= 0.6 is 23.2 Å². The summed E-state index contributed by atoms with van der Waals surface area (Å²) < 4.78 is 5.91. The largest absolute Gasteiger partial charge is 0.493 e. The van der Waals surface area contributed by atoms with E-state index in [9.17, 15) is 4.79 Å². The molecule has 4 N–H and O–H groups in total. The van der Waals surface area contributed by atoms with E-state index in [-0.39, 0.29) is 5.91 Å². The second-order valence-electron chi connectivity index (χ2n) is 6.66. The highest BCUT2D eigenvalue weighted by molar-refractivity contribution is 6.34. The van der Waals surface area contributed by atoms with E-state index in [4.69, 9.17) is 33.7 Å². The molecule has 3 rings (SSSR count). The van der Waals surface area contributed by atoms with E-state index in [1.165, 1.54) is 0 Å². The first kappa shape index (κ1) is 19.8. The Hall–Kier alpha value is -1.95. The third kappa shape index (κ3) is 5.51. The molecule has 2 aromatic carbocycles. The smallest absolute Gasteiger partial charge is 0.259 e. The zero-order valence-corrected chi connectivity index (χ0v) is 16.4. The molecule has 1 saturated heterocycles. The first-order valence-corrected chi connectivity index (χ1v) is 9.78. The van der Waals surface area contributed by atoms with Crippen molar-refractivity contribution in [1.29, 1.82) is 0 Å². The number of piperidine rings is 1. The van der Waals surface area contributed by atoms with Gasteiger partial charge in [-0.05, 0) is 74.7 Å². The number of anilines is 2. The molecule has 0 unspecified atom stereocenters. The van der Waals surface area contributed by atoms with Gasteiger partial charge in [0.1, 0.15) is 5.75 Å². The molecule has 1 aliphatic rings. The second kappa shape index (κ2) is 9.31. The number of nitrogen functional groups attached to an aromatic ring is 1. The van der Waals surface area contributed by atoms with Crippen molar-refractivity contribution in [3.63, 3.8) is 0 Å². The minimum absolute atomic E-state index is 0.332. The maximum Gasteiger partial charge on any atom is 0.259 e. The standard InChI is InChI=1S/C20H23Cl2N3O2/c21-14-1-4-19(27-10-7-13-5-8-24-9-6-13)16(11-14)20(26)25-18-3-2-15(23)12-17(18)22/h1-4,11-13,24H,5-10,23H2,(H,25,26). The van der Waals surface area contributed by atoms with Gasteiger partial charge in [0.05, 0.1) is 22.9 Å². The highest BCUT2D eigenvalue weighted by Gasteiger charge is 2.17. The number of halogens is 2. The van der Waals surface area contributed by atoms with Gasteiger partial charge in [0, 0.05) is 10.7 Å². The zero-order chi connectivity index (χ0) is 19.2. The Bertz CT molecular complexity index is 808. The van der Waals surface area contributed by atoms with Crippen molar-refractivity contribution in [3.8, 4) is 5.75 Å². The molecule has 5 nitrogen and oxygen atoms in total. The van der Waals surface area contributed by atoms with E-state index in [1.807, 2.05) is 0 Å². The van der Waals surface area contributed by atoms with Crippen molar-refractivity contribution >= 4 is 40.5 Å². The summed E-state index contributed by atoms with van der Waals surface area (Å²) in [5.41, 5.74) is 7.08. The van der Waals surface area contributed by atoms with Gasteiger partial charge in [0.2, 0.25) is 0 Å². The van der Waals surface area contributed by atoms with Crippen LogP contribution in [-0.4, -0.2) is 25.6 Å². The molecule has 1 heterocycles. The summed E-state index contributed by atoms with van der Waals surface area (Å²) in [4.78, 5) is 12.7. The van der Waals surface area contributed by atoms with Crippen molar-refractivity contribution in [2.45, 2.75) is 19.3 Å². The number of hydrogen-bond donors (Lipinski definition) is 3. The number of carbonyl (C=O) groups is 1. The lowest BCUT2D eigenvalue weighted by Gasteiger charge is -2.22. The number of amides is 1. The number of ether oxygens (including phenoxy) is 1. The molecule has 0 aromatic heterocycles. The molecule has 2 aromatic rings. The summed E-state index contributed by atoms with van der Waals surface area (Å²) in [5.74, 6) is 0.836. The van der Waals surface area contributed by atoms with Crippen LogP contribution in [0.1, 0.15) is 29.6 Å². The summed E-state index contributed by atoms with van der Waals surface area (Å²) in [6.07, 6.45) is 3.29. The first-order chi connectivity index (χ1) is 13.0. The molecule has 0 bridgehead atoms. The fourth-order valence-electron chi connectivity index (χ4n) is 3.13. The van der Waals surface area contributed by atoms with Gasteiger partial charge in [-0.15, -0.1) is 0 Å². The monoisotopic (exact) mass is 407 g/mol. The highest BCUT2D eigenvalue weighted by atomic mass is 35.5. The van der Waals surface area contributed by atoms with Crippen molar-refractivity contribution < 1.29 is 9.53 Å². The Balaban J connectivity index is 1.68. The Morgan fingerprint density at radius 2 is 1.96 bits per heavy atom. The van der Waals surface area contributed by atoms with Crippen LogP contribution in [0.3, 0.4) is 0 Å². The van der Waals surface area contributed by atoms with Gasteiger partial charge in [0.25, 0.3) is 5.91 Å². The lowest BCUT2D eigenvalue weighted by atomic mass is 9.95. The second-order valence-corrected chi connectivity index (χ2v) is 7.51. The lowest BCUT2D eigenvalue weighted by molar-refractivity contribution is 0.102. The molecule has 0 atom stereocenters. The topological polar surface area (TPSA) is 76.4 Å². The number of rotatable bonds is 6. The van der Waals surface area contributed by atoms with E-state index in [0.29, 0.717) is 45.3 Å². The SMILES string of the molecule is Nc1ccc(NC(=O)c2cc(Cl)ccc2OCCC2CCNCC2)c(Cl)c1. The van der Waals surface area contributed by atoms with Gasteiger partial charge >= 0.3 is 0 Å². The molecule has 7 heteroatoms. The summed E-state index contributed by atoms with van der Waals surface area (Å²) in [5, 5.41) is 6.99. The van der Waals surface area contributed by atoms with Crippen molar-refractivity contribution in [1.82, 2.24) is 5.32 Å². The minimum Gasteiger partial charge on any atom is -0.493 e. The van der Waals surface area contributed by atoms with Crippen LogP contribution in [0.4, 0.5) is 11.4 Å². The minimum atomic E-state index is -0.332. The molecule has 27 heavy (non-hydrogen) atoms. The fraction of sp³-hybridized carbons (Fsp3) is 0.350. The van der Waals surface area contributed by atoms with Crippen molar-refractivity contribution in [3.05, 3.63) is 52.0 Å². The lowest BCUT2D eigenvalue weighted by Crippen LogP contribution is -2.28. The van der Waals surface area contributed by atoms with E-state index in [1.54, 1.807) is 36.4 Å². The van der Waals surface area contributed by atoms with Gasteiger partial charge in [-0.3, -0.25) is 4.79 Å². The van der Waals surface area contributed by atoms with Crippen LogP contribution in [0.5, 0.6) is 5.75 Å². The van der Waals surface area contributed by atoms with Crippen LogP contribution in [0.25, 0.3) is 0 Å². The van der Waals surface area contributed by atoms with Crippen LogP contribution in [0.15, 0.2) is 36.4 Å². The zero-order valence-electron chi connectivity index (χ0n) is 14.9. The molecule has 0 saturated carbocycles. The quantitative estimate of drug-likeness (QED) is 0.611. The van der Waals surface area contributed by atoms with Crippen LogP contribution in [0, 0.1) is 5.92 Å². The van der Waals surface area contributed by atoms with E-state index in [2.05, 4.69) is 10.6 Å². The normalized spacial score (nSPS) is 14.7. The summed E-state index contributed by atoms with van der Waals surface area (Å²) in [7, 11) is 0. The maximum atomic E-state index is 12.7. The predicted octanol–water partition coefficient (Wildman–Crippen LogP) is 4.60.